The van der Waals surface area contributed by atoms with E-state index in [1.807, 2.05) is 73.7 Å². The van der Waals surface area contributed by atoms with Crippen LogP contribution in [0.2, 0.25) is 0 Å². The highest BCUT2D eigenvalue weighted by Gasteiger charge is 2.26. The molecule has 6 nitrogen and oxygen atoms in total. The summed E-state index contributed by atoms with van der Waals surface area (Å²) in [6, 6.07) is 25.3. The summed E-state index contributed by atoms with van der Waals surface area (Å²) in [7, 11) is 1.72. The molecular weight excluding hydrogens is 436 g/mol. The summed E-state index contributed by atoms with van der Waals surface area (Å²) < 4.78 is 0. The highest BCUT2D eigenvalue weighted by Crippen LogP contribution is 2.21. The number of aromatic amines is 1. The molecule has 35 heavy (non-hydrogen) atoms. The van der Waals surface area contributed by atoms with Crippen LogP contribution in [0, 0.1) is 0 Å². The lowest BCUT2D eigenvalue weighted by Crippen LogP contribution is -2.45. The van der Waals surface area contributed by atoms with E-state index >= 15 is 0 Å². The topological polar surface area (TPSA) is 78.1 Å². The van der Waals surface area contributed by atoms with Crippen LogP contribution in [0.5, 0.6) is 0 Å². The number of aromatic nitrogens is 2. The zero-order chi connectivity index (χ0) is 24.6. The van der Waals surface area contributed by atoms with E-state index in [0.717, 1.165) is 41.0 Å². The van der Waals surface area contributed by atoms with E-state index in [1.54, 1.807) is 11.9 Å². The number of carbonyl (C=O) groups is 2. The van der Waals surface area contributed by atoms with Crippen molar-refractivity contribution in [3.63, 3.8) is 0 Å². The number of nitrogens with one attached hydrogen (secondary N) is 2. The standard InChI is InChI=1S/C29H32N4O2/c1-3-11-26(33(2)28(34)19-18-27-30-24-16-9-10-17-25(24)31-27)29(35)32-23-15-8-7-14-22(23)20-21-12-5-4-6-13-21/h4-10,12-17,26H,3,11,18-20H2,1-2H3,(H,30,31)(H,32,35)/t26-/m0/s1. The first-order chi connectivity index (χ1) is 17.0. The number of fused-ring (bicyclic) bond motifs is 1. The van der Waals surface area contributed by atoms with Crippen LogP contribution in [0.3, 0.4) is 0 Å². The normalized spacial score (nSPS) is 11.8. The van der Waals surface area contributed by atoms with E-state index in [4.69, 9.17) is 0 Å². The fourth-order valence-corrected chi connectivity index (χ4v) is 4.30. The first kappa shape index (κ1) is 24.2. The highest BCUT2D eigenvalue weighted by molar-refractivity contribution is 5.97. The number of amides is 2. The third-order valence-corrected chi connectivity index (χ3v) is 6.25. The fourth-order valence-electron chi connectivity index (χ4n) is 4.30. The Morgan fingerprint density at radius 2 is 1.69 bits per heavy atom. The zero-order valence-electron chi connectivity index (χ0n) is 20.3. The van der Waals surface area contributed by atoms with E-state index in [9.17, 15) is 9.59 Å². The van der Waals surface area contributed by atoms with Crippen LogP contribution < -0.4 is 5.32 Å². The molecule has 1 atom stereocenters. The lowest BCUT2D eigenvalue weighted by molar-refractivity contribution is -0.137. The van der Waals surface area contributed by atoms with Crippen LogP contribution in [-0.4, -0.2) is 39.8 Å². The second-order valence-corrected chi connectivity index (χ2v) is 8.82. The molecule has 0 unspecified atom stereocenters. The van der Waals surface area contributed by atoms with Gasteiger partial charge in [0.2, 0.25) is 11.8 Å². The maximum absolute atomic E-state index is 13.3. The Labute approximate surface area is 206 Å². The summed E-state index contributed by atoms with van der Waals surface area (Å²) in [5.41, 5.74) is 4.85. The molecule has 0 saturated heterocycles. The molecule has 0 aliphatic carbocycles. The van der Waals surface area contributed by atoms with Gasteiger partial charge in [-0.1, -0.05) is 74.0 Å². The molecule has 4 aromatic rings. The maximum atomic E-state index is 13.3. The number of hydrogen-bond acceptors (Lipinski definition) is 3. The number of anilines is 1. The van der Waals surface area contributed by atoms with Crippen molar-refractivity contribution in [2.45, 2.75) is 45.1 Å². The Balaban J connectivity index is 1.41. The smallest absolute Gasteiger partial charge is 0.247 e. The Morgan fingerprint density at radius 3 is 2.46 bits per heavy atom. The zero-order valence-corrected chi connectivity index (χ0v) is 20.3. The molecule has 0 spiro atoms. The van der Waals surface area contributed by atoms with Gasteiger partial charge in [-0.05, 0) is 42.2 Å². The van der Waals surface area contributed by atoms with Gasteiger partial charge in [-0.3, -0.25) is 9.59 Å². The third-order valence-electron chi connectivity index (χ3n) is 6.25. The summed E-state index contributed by atoms with van der Waals surface area (Å²) in [6.45, 7) is 2.02. The van der Waals surface area contributed by atoms with E-state index in [2.05, 4.69) is 27.4 Å². The number of imidazole rings is 1. The summed E-state index contributed by atoms with van der Waals surface area (Å²) in [6.07, 6.45) is 2.90. The van der Waals surface area contributed by atoms with Crippen molar-refractivity contribution in [2.24, 2.45) is 0 Å². The van der Waals surface area contributed by atoms with Gasteiger partial charge < -0.3 is 15.2 Å². The van der Waals surface area contributed by atoms with Gasteiger partial charge in [0.25, 0.3) is 0 Å². The molecule has 6 heteroatoms. The number of rotatable bonds is 10. The largest absolute Gasteiger partial charge is 0.342 e. The summed E-state index contributed by atoms with van der Waals surface area (Å²) in [4.78, 5) is 35.7. The number of nitrogens with zero attached hydrogens (tertiary/aromatic N) is 2. The van der Waals surface area contributed by atoms with E-state index in [1.165, 1.54) is 5.56 Å². The Bertz CT molecular complexity index is 1250. The number of hydrogen-bond donors (Lipinski definition) is 2. The van der Waals surface area contributed by atoms with Gasteiger partial charge in [0.15, 0.2) is 0 Å². The number of H-pyrrole nitrogens is 1. The first-order valence-electron chi connectivity index (χ1n) is 12.2. The molecule has 1 heterocycles. The second-order valence-electron chi connectivity index (χ2n) is 8.82. The van der Waals surface area contributed by atoms with Crippen molar-refractivity contribution in [3.8, 4) is 0 Å². The summed E-state index contributed by atoms with van der Waals surface area (Å²) in [5, 5.41) is 3.09. The van der Waals surface area contributed by atoms with Crippen LogP contribution >= 0.6 is 0 Å². The van der Waals surface area contributed by atoms with Gasteiger partial charge in [0.05, 0.1) is 11.0 Å². The van der Waals surface area contributed by atoms with Crippen molar-refractivity contribution in [2.75, 3.05) is 12.4 Å². The minimum absolute atomic E-state index is 0.0726. The monoisotopic (exact) mass is 468 g/mol. The van der Waals surface area contributed by atoms with Crippen LogP contribution in [0.15, 0.2) is 78.9 Å². The van der Waals surface area contributed by atoms with E-state index < -0.39 is 6.04 Å². The van der Waals surface area contributed by atoms with E-state index in [0.29, 0.717) is 12.8 Å². The molecule has 2 N–H and O–H groups in total. The van der Waals surface area contributed by atoms with Gasteiger partial charge in [-0.25, -0.2) is 4.98 Å². The van der Waals surface area contributed by atoms with E-state index in [-0.39, 0.29) is 18.2 Å². The Kier molecular flexibility index (Phi) is 7.93. The molecule has 0 aliphatic heterocycles. The molecule has 1 aromatic heterocycles. The Morgan fingerprint density at radius 1 is 0.971 bits per heavy atom. The summed E-state index contributed by atoms with van der Waals surface area (Å²) >= 11 is 0. The summed E-state index contributed by atoms with van der Waals surface area (Å²) in [5.74, 6) is 0.544. The number of benzene rings is 3. The molecule has 0 bridgehead atoms. The van der Waals surface area contributed by atoms with Gasteiger partial charge in [0.1, 0.15) is 11.9 Å². The van der Waals surface area contributed by atoms with Crippen LogP contribution in [0.25, 0.3) is 11.0 Å². The van der Waals surface area contributed by atoms with Crippen molar-refractivity contribution < 1.29 is 9.59 Å². The van der Waals surface area contributed by atoms with Crippen LogP contribution in [0.4, 0.5) is 5.69 Å². The number of likely N-dealkylation sites (N-methyl/N-ethyl adjacent to an activating group) is 1. The fraction of sp³-hybridized carbons (Fsp3) is 0.276. The first-order valence-corrected chi connectivity index (χ1v) is 12.2. The van der Waals surface area contributed by atoms with Gasteiger partial charge in [0, 0.05) is 25.6 Å². The van der Waals surface area contributed by atoms with Gasteiger partial charge in [-0.15, -0.1) is 0 Å². The van der Waals surface area contributed by atoms with Crippen molar-refractivity contribution in [3.05, 3.63) is 95.8 Å². The van der Waals surface area contributed by atoms with Crippen molar-refractivity contribution >= 4 is 28.5 Å². The SMILES string of the molecule is CCC[C@@H](C(=O)Nc1ccccc1Cc1ccccc1)N(C)C(=O)CCc1nc2ccccc2[nH]1. The molecule has 3 aromatic carbocycles. The minimum atomic E-state index is -0.534. The lowest BCUT2D eigenvalue weighted by Gasteiger charge is -2.27. The molecule has 0 radical (unpaired) electrons. The van der Waals surface area contributed by atoms with Crippen LogP contribution in [0.1, 0.15) is 43.1 Å². The molecule has 180 valence electrons. The second kappa shape index (κ2) is 11.5. The molecule has 2 amide bonds. The molecule has 0 saturated carbocycles. The third kappa shape index (κ3) is 6.15. The molecular formula is C29H32N4O2. The average Bonchev–Trinajstić information content (AvgIpc) is 3.30. The predicted octanol–water partition coefficient (Wildman–Crippen LogP) is 5.35. The van der Waals surface area contributed by atoms with Crippen LogP contribution in [-0.2, 0) is 22.4 Å². The lowest BCUT2D eigenvalue weighted by atomic mass is 10.0. The minimum Gasteiger partial charge on any atom is -0.342 e. The van der Waals surface area contributed by atoms with Gasteiger partial charge in [-0.2, -0.15) is 0 Å². The number of para-hydroxylation sites is 3. The van der Waals surface area contributed by atoms with Crippen molar-refractivity contribution in [1.29, 1.82) is 0 Å². The number of aryl methyl sites for hydroxylation is 1. The number of carbonyl (C=O) groups excluding carboxylic acids is 2. The van der Waals surface area contributed by atoms with Crippen molar-refractivity contribution in [1.82, 2.24) is 14.9 Å². The molecule has 0 fully saturated rings. The molecule has 4 rings (SSSR count). The Hall–Kier alpha value is -3.93. The predicted molar refractivity (Wildman–Crippen MR) is 140 cm³/mol. The van der Waals surface area contributed by atoms with Gasteiger partial charge >= 0.3 is 0 Å². The maximum Gasteiger partial charge on any atom is 0.247 e. The highest BCUT2D eigenvalue weighted by atomic mass is 16.2. The quantitative estimate of drug-likeness (QED) is 0.329. The molecule has 0 aliphatic rings. The average molecular weight is 469 g/mol.